The van der Waals surface area contributed by atoms with E-state index in [0.717, 1.165) is 18.8 Å². The van der Waals surface area contributed by atoms with E-state index in [1.165, 1.54) is 0 Å². The van der Waals surface area contributed by atoms with Crippen LogP contribution in [0.5, 0.6) is 0 Å². The number of amides is 2. The molecule has 3 N–H and O–H groups in total. The molecule has 2 amide bonds. The molecular weight excluding hydrogens is 272 g/mol. The average molecular weight is 294 g/mol. The van der Waals surface area contributed by atoms with Crippen molar-refractivity contribution in [2.75, 3.05) is 26.2 Å². The summed E-state index contributed by atoms with van der Waals surface area (Å²) >= 11 is 0. The summed E-state index contributed by atoms with van der Waals surface area (Å²) < 4.78 is 5.45. The number of nitrogens with one attached hydrogen (secondary N) is 3. The molecular formula is C14H22N4O3. The molecule has 0 radical (unpaired) electrons. The van der Waals surface area contributed by atoms with Crippen molar-refractivity contribution in [3.63, 3.8) is 0 Å². The van der Waals surface area contributed by atoms with Crippen molar-refractivity contribution in [2.24, 2.45) is 0 Å². The molecule has 2 unspecified atom stereocenters. The van der Waals surface area contributed by atoms with Crippen LogP contribution in [0.1, 0.15) is 13.8 Å². The lowest BCUT2D eigenvalue weighted by Crippen LogP contribution is -2.46. The van der Waals surface area contributed by atoms with Crippen LogP contribution < -0.4 is 16.0 Å². The number of allylic oxidation sites excluding steroid dienone is 1. The number of carbonyl (C=O) groups is 2. The molecule has 2 aliphatic heterocycles. The molecule has 2 atom stereocenters. The van der Waals surface area contributed by atoms with E-state index in [2.05, 4.69) is 20.9 Å². The lowest BCUT2D eigenvalue weighted by atomic mass is 10.1. The number of ether oxygens (including phenoxy) is 1. The second-order valence-electron chi connectivity index (χ2n) is 5.31. The molecule has 0 aromatic heterocycles. The first-order valence-corrected chi connectivity index (χ1v) is 7.10. The Bertz CT molecular complexity index is 461. The molecule has 7 heteroatoms. The Morgan fingerprint density at radius 1 is 1.57 bits per heavy atom. The Morgan fingerprint density at radius 2 is 2.38 bits per heavy atom. The minimum atomic E-state index is -0.0755. The van der Waals surface area contributed by atoms with Crippen molar-refractivity contribution in [3.05, 3.63) is 23.7 Å². The fraction of sp³-hybridized carbons (Fsp3) is 0.571. The van der Waals surface area contributed by atoms with Gasteiger partial charge in [-0.25, -0.2) is 0 Å². The number of carbonyl (C=O) groups excluding carboxylic acids is 2. The van der Waals surface area contributed by atoms with Gasteiger partial charge in [0.15, 0.2) is 0 Å². The van der Waals surface area contributed by atoms with Crippen molar-refractivity contribution in [1.29, 1.82) is 0 Å². The molecule has 2 aliphatic rings. The smallest absolute Gasteiger partial charge is 0.238 e. The third-order valence-corrected chi connectivity index (χ3v) is 3.47. The standard InChI is InChI=1S/C14H22N4O3/c1-10-7-18(3-4-21-10)8-14(20)17-12-5-13(16-9-19)11(2)15-6-12/h5-6,9-11,15H,3-4,7-8H2,1-2H3,(H,16,19)(H,17,20). The zero-order valence-electron chi connectivity index (χ0n) is 12.4. The number of hydrogen-bond acceptors (Lipinski definition) is 5. The first-order valence-electron chi connectivity index (χ1n) is 7.10. The summed E-state index contributed by atoms with van der Waals surface area (Å²) in [6, 6.07) is 0.0101. The van der Waals surface area contributed by atoms with Gasteiger partial charge in [-0.3, -0.25) is 14.5 Å². The zero-order valence-corrected chi connectivity index (χ0v) is 12.4. The Balaban J connectivity index is 1.86. The topological polar surface area (TPSA) is 82.7 Å². The van der Waals surface area contributed by atoms with Gasteiger partial charge in [0, 0.05) is 25.0 Å². The number of dihydropyridines is 1. The molecule has 0 bridgehead atoms. The van der Waals surface area contributed by atoms with E-state index in [1.54, 1.807) is 12.3 Å². The van der Waals surface area contributed by atoms with E-state index in [9.17, 15) is 9.59 Å². The second kappa shape index (κ2) is 7.24. The summed E-state index contributed by atoms with van der Waals surface area (Å²) in [5, 5.41) is 8.54. The minimum absolute atomic E-state index is 0.0101. The average Bonchev–Trinajstić information content (AvgIpc) is 2.43. The van der Waals surface area contributed by atoms with Gasteiger partial charge < -0.3 is 20.7 Å². The van der Waals surface area contributed by atoms with Gasteiger partial charge >= 0.3 is 0 Å². The maximum Gasteiger partial charge on any atom is 0.238 e. The van der Waals surface area contributed by atoms with Gasteiger partial charge in [0.05, 0.1) is 31.0 Å². The lowest BCUT2D eigenvalue weighted by Gasteiger charge is -2.30. The van der Waals surface area contributed by atoms with E-state index >= 15 is 0 Å². The predicted molar refractivity (Wildman–Crippen MR) is 78.0 cm³/mol. The molecule has 0 aliphatic carbocycles. The van der Waals surface area contributed by atoms with E-state index in [0.29, 0.717) is 25.3 Å². The number of hydrogen-bond donors (Lipinski definition) is 3. The van der Waals surface area contributed by atoms with Gasteiger partial charge in [-0.2, -0.15) is 0 Å². The molecule has 21 heavy (non-hydrogen) atoms. The quantitative estimate of drug-likeness (QED) is 0.583. The van der Waals surface area contributed by atoms with Crippen molar-refractivity contribution in [1.82, 2.24) is 20.9 Å². The highest BCUT2D eigenvalue weighted by molar-refractivity contribution is 5.80. The summed E-state index contributed by atoms with van der Waals surface area (Å²) in [5.74, 6) is -0.0755. The lowest BCUT2D eigenvalue weighted by molar-refractivity contribution is -0.123. The van der Waals surface area contributed by atoms with Crippen LogP contribution in [0.15, 0.2) is 23.7 Å². The molecule has 0 saturated carbocycles. The Kier molecular flexibility index (Phi) is 5.35. The SMILES string of the molecule is CC1CN(CC(=O)NC2=CNC(C)C(NC=O)=C2)CCO1. The molecule has 0 aromatic rings. The number of rotatable bonds is 5. The van der Waals surface area contributed by atoms with Crippen LogP contribution in [-0.2, 0) is 14.3 Å². The zero-order chi connectivity index (χ0) is 15.2. The van der Waals surface area contributed by atoms with Crippen LogP contribution in [0.25, 0.3) is 0 Å². The Hall–Kier alpha value is -1.86. The highest BCUT2D eigenvalue weighted by Gasteiger charge is 2.20. The van der Waals surface area contributed by atoms with Crippen LogP contribution >= 0.6 is 0 Å². The van der Waals surface area contributed by atoms with Crippen LogP contribution in [0, 0.1) is 0 Å². The third-order valence-electron chi connectivity index (χ3n) is 3.47. The van der Waals surface area contributed by atoms with Gasteiger partial charge in [-0.05, 0) is 19.9 Å². The van der Waals surface area contributed by atoms with Gasteiger partial charge in [-0.15, -0.1) is 0 Å². The molecule has 0 spiro atoms. The van der Waals surface area contributed by atoms with E-state index in [-0.39, 0.29) is 18.1 Å². The van der Waals surface area contributed by atoms with Gasteiger partial charge in [0.2, 0.25) is 12.3 Å². The molecule has 7 nitrogen and oxygen atoms in total. The molecule has 2 heterocycles. The number of morpholine rings is 1. The van der Waals surface area contributed by atoms with E-state index in [1.807, 2.05) is 13.8 Å². The van der Waals surface area contributed by atoms with Crippen molar-refractivity contribution in [3.8, 4) is 0 Å². The minimum Gasteiger partial charge on any atom is -0.381 e. The molecule has 1 saturated heterocycles. The van der Waals surface area contributed by atoms with Crippen LogP contribution in [0.2, 0.25) is 0 Å². The molecule has 2 rings (SSSR count). The summed E-state index contributed by atoms with van der Waals surface area (Å²) in [4.78, 5) is 24.7. The van der Waals surface area contributed by atoms with Crippen molar-refractivity contribution >= 4 is 12.3 Å². The van der Waals surface area contributed by atoms with Crippen molar-refractivity contribution < 1.29 is 14.3 Å². The molecule has 116 valence electrons. The van der Waals surface area contributed by atoms with Gasteiger partial charge in [0.1, 0.15) is 0 Å². The predicted octanol–water partition coefficient (Wildman–Crippen LogP) is -0.714. The maximum atomic E-state index is 12.1. The second-order valence-corrected chi connectivity index (χ2v) is 5.31. The molecule has 0 aromatic carbocycles. The van der Waals surface area contributed by atoms with Crippen LogP contribution in [0.3, 0.4) is 0 Å². The van der Waals surface area contributed by atoms with E-state index < -0.39 is 0 Å². The monoisotopic (exact) mass is 294 g/mol. The van der Waals surface area contributed by atoms with Crippen LogP contribution in [0.4, 0.5) is 0 Å². The summed E-state index contributed by atoms with van der Waals surface area (Å²) in [6.07, 6.45) is 4.28. The summed E-state index contributed by atoms with van der Waals surface area (Å²) in [7, 11) is 0. The van der Waals surface area contributed by atoms with E-state index in [4.69, 9.17) is 4.74 Å². The van der Waals surface area contributed by atoms with Crippen molar-refractivity contribution in [2.45, 2.75) is 26.0 Å². The maximum absolute atomic E-state index is 12.1. The Morgan fingerprint density at radius 3 is 3.10 bits per heavy atom. The van der Waals surface area contributed by atoms with Gasteiger partial charge in [-0.1, -0.05) is 0 Å². The number of nitrogens with zero attached hydrogens (tertiary/aromatic N) is 1. The van der Waals surface area contributed by atoms with Crippen LogP contribution in [-0.4, -0.2) is 55.6 Å². The first kappa shape index (κ1) is 15.5. The highest BCUT2D eigenvalue weighted by atomic mass is 16.5. The first-order chi connectivity index (χ1) is 10.1. The normalized spacial score (nSPS) is 26.2. The highest BCUT2D eigenvalue weighted by Crippen LogP contribution is 2.08. The summed E-state index contributed by atoms with van der Waals surface area (Å²) in [5.41, 5.74) is 1.37. The largest absolute Gasteiger partial charge is 0.381 e. The Labute approximate surface area is 124 Å². The molecule has 1 fully saturated rings. The fourth-order valence-electron chi connectivity index (χ4n) is 2.38. The summed E-state index contributed by atoms with van der Waals surface area (Å²) in [6.45, 7) is 6.44. The third kappa shape index (κ3) is 4.57. The van der Waals surface area contributed by atoms with Gasteiger partial charge in [0.25, 0.3) is 0 Å². The fourth-order valence-corrected chi connectivity index (χ4v) is 2.38.